The van der Waals surface area contributed by atoms with E-state index in [-0.39, 0.29) is 31.1 Å². The number of hydrogen-bond donors (Lipinski definition) is 4. The zero-order valence-corrected chi connectivity index (χ0v) is 19.3. The number of nitrogens with one attached hydrogen (secondary N) is 3. The number of amides is 1. The van der Waals surface area contributed by atoms with Gasteiger partial charge in [0.1, 0.15) is 0 Å². The van der Waals surface area contributed by atoms with Gasteiger partial charge in [-0.2, -0.15) is 0 Å². The molecular formula is C25H23ClF2N6O. The fourth-order valence-corrected chi connectivity index (χ4v) is 4.56. The first-order valence-electron chi connectivity index (χ1n) is 11.2. The molecule has 2 aromatic carbocycles. The van der Waals surface area contributed by atoms with E-state index in [2.05, 4.69) is 25.6 Å². The molecule has 0 radical (unpaired) electrons. The largest absolute Gasteiger partial charge is 0.399 e. The van der Waals surface area contributed by atoms with Gasteiger partial charge in [-0.15, -0.1) is 0 Å². The molecule has 1 amide bonds. The van der Waals surface area contributed by atoms with Crippen molar-refractivity contribution < 1.29 is 13.6 Å². The average molecular weight is 497 g/mol. The summed E-state index contributed by atoms with van der Waals surface area (Å²) in [4.78, 5) is 24.3. The van der Waals surface area contributed by atoms with Crippen LogP contribution in [0.1, 0.15) is 29.6 Å². The smallest absolute Gasteiger partial charge is 0.268 e. The molecule has 1 fully saturated rings. The summed E-state index contributed by atoms with van der Waals surface area (Å²) < 4.78 is 29.6. The van der Waals surface area contributed by atoms with Gasteiger partial charge in [-0.25, -0.2) is 18.7 Å². The number of rotatable bonds is 5. The molecule has 5 rings (SSSR count). The monoisotopic (exact) mass is 496 g/mol. The fraction of sp³-hybridized carbons (Fsp3) is 0.240. The second-order valence-electron chi connectivity index (χ2n) is 8.66. The van der Waals surface area contributed by atoms with Crippen molar-refractivity contribution in [3.63, 3.8) is 0 Å². The zero-order chi connectivity index (χ0) is 24.6. The minimum atomic E-state index is -2.99. The van der Waals surface area contributed by atoms with Crippen LogP contribution < -0.4 is 16.4 Å². The van der Waals surface area contributed by atoms with E-state index in [0.717, 1.165) is 16.5 Å². The number of para-hydroxylation sites is 1. The number of halogens is 3. The number of carbonyl (C=O) groups is 1. The highest BCUT2D eigenvalue weighted by Gasteiger charge is 2.45. The first-order chi connectivity index (χ1) is 16.8. The molecule has 10 heteroatoms. The number of benzene rings is 2. The summed E-state index contributed by atoms with van der Waals surface area (Å²) in [6, 6.07) is 12.4. The van der Waals surface area contributed by atoms with Crippen LogP contribution >= 0.6 is 11.6 Å². The summed E-state index contributed by atoms with van der Waals surface area (Å²) in [5.74, 6) is -3.28. The minimum Gasteiger partial charge on any atom is -0.399 e. The normalized spacial score (nSPS) is 19.4. The number of nitrogen functional groups attached to an aromatic ring is 1. The van der Waals surface area contributed by atoms with Crippen molar-refractivity contribution in [2.75, 3.05) is 11.1 Å². The van der Waals surface area contributed by atoms with Gasteiger partial charge >= 0.3 is 0 Å². The first kappa shape index (κ1) is 23.0. The van der Waals surface area contributed by atoms with Crippen molar-refractivity contribution >= 4 is 40.0 Å². The molecule has 5 N–H and O–H groups in total. The summed E-state index contributed by atoms with van der Waals surface area (Å²) in [6.07, 6.45) is 2.98. The van der Waals surface area contributed by atoms with Crippen LogP contribution in [0.5, 0.6) is 0 Å². The number of alkyl halides is 2. The lowest BCUT2D eigenvalue weighted by molar-refractivity contribution is -0.0511. The van der Waals surface area contributed by atoms with E-state index in [1.54, 1.807) is 30.5 Å². The van der Waals surface area contributed by atoms with Gasteiger partial charge in [0.25, 0.3) is 11.8 Å². The average Bonchev–Trinajstić information content (AvgIpc) is 3.27. The number of aromatic nitrogens is 3. The van der Waals surface area contributed by atoms with Gasteiger partial charge in [0.2, 0.25) is 5.95 Å². The summed E-state index contributed by atoms with van der Waals surface area (Å²) in [7, 11) is 0. The van der Waals surface area contributed by atoms with Gasteiger partial charge < -0.3 is 21.4 Å². The molecule has 0 bridgehead atoms. The molecule has 0 unspecified atom stereocenters. The van der Waals surface area contributed by atoms with Crippen LogP contribution in [0.2, 0.25) is 5.02 Å². The van der Waals surface area contributed by atoms with Crippen LogP contribution in [0, 0.1) is 0 Å². The first-order valence-corrected chi connectivity index (χ1v) is 11.6. The number of H-pyrrole nitrogens is 1. The maximum Gasteiger partial charge on any atom is 0.268 e. The van der Waals surface area contributed by atoms with E-state index in [1.165, 1.54) is 6.20 Å². The molecule has 4 aromatic rings. The lowest BCUT2D eigenvalue weighted by Crippen LogP contribution is -2.51. The van der Waals surface area contributed by atoms with Gasteiger partial charge in [0, 0.05) is 46.4 Å². The molecule has 0 aliphatic heterocycles. The van der Waals surface area contributed by atoms with Crippen LogP contribution in [-0.2, 0) is 0 Å². The lowest BCUT2D eigenvalue weighted by Gasteiger charge is -2.36. The highest BCUT2D eigenvalue weighted by Crippen LogP contribution is 2.37. The van der Waals surface area contributed by atoms with E-state index in [1.807, 2.05) is 24.3 Å². The predicted molar refractivity (Wildman–Crippen MR) is 133 cm³/mol. The molecule has 7 nitrogen and oxygen atoms in total. The fourth-order valence-electron chi connectivity index (χ4n) is 4.36. The highest BCUT2D eigenvalue weighted by atomic mass is 35.5. The summed E-state index contributed by atoms with van der Waals surface area (Å²) in [6.45, 7) is 0. The van der Waals surface area contributed by atoms with E-state index < -0.39 is 18.0 Å². The topological polar surface area (TPSA) is 109 Å². The lowest BCUT2D eigenvalue weighted by atomic mass is 9.87. The number of aromatic amines is 1. The molecule has 2 aromatic heterocycles. The van der Waals surface area contributed by atoms with Crippen molar-refractivity contribution in [1.82, 2.24) is 20.3 Å². The molecule has 180 valence electrons. The molecule has 2 atom stereocenters. The van der Waals surface area contributed by atoms with Crippen molar-refractivity contribution in [2.24, 2.45) is 0 Å². The Morgan fingerprint density at radius 1 is 1.17 bits per heavy atom. The molecule has 35 heavy (non-hydrogen) atoms. The number of hydrogen-bond acceptors (Lipinski definition) is 5. The number of fused-ring (bicyclic) bond motifs is 1. The predicted octanol–water partition coefficient (Wildman–Crippen LogP) is 5.26. The molecule has 1 aliphatic rings. The Morgan fingerprint density at radius 2 is 1.94 bits per heavy atom. The Hall–Kier alpha value is -3.72. The van der Waals surface area contributed by atoms with E-state index in [9.17, 15) is 13.6 Å². The Bertz CT molecular complexity index is 1370. The molecule has 0 saturated heterocycles. The maximum absolute atomic E-state index is 14.8. The van der Waals surface area contributed by atoms with Gasteiger partial charge in [0.05, 0.1) is 23.0 Å². The van der Waals surface area contributed by atoms with Crippen LogP contribution in [0.3, 0.4) is 0 Å². The highest BCUT2D eigenvalue weighted by molar-refractivity contribution is 6.33. The summed E-state index contributed by atoms with van der Waals surface area (Å²) in [5.41, 5.74) is 8.72. The van der Waals surface area contributed by atoms with E-state index in [0.29, 0.717) is 22.0 Å². The number of nitrogens with zero attached hydrogens (tertiary/aromatic N) is 2. The molecule has 2 heterocycles. The molecule has 1 aliphatic carbocycles. The quantitative estimate of drug-likeness (QED) is 0.282. The standard InChI is InChI=1S/C25H23ClF2N6O/c26-19-13-31-24(34-22(19)18-12-30-20-4-2-1-3-17(18)20)33-21-11-16(9-10-25(21,27)28)32-23(35)14-5-7-15(29)8-6-14/h1-8,12-13,16,21,30H,9-11,29H2,(H,32,35)(H,31,33,34)/t16-,21+/m1/s1. The number of carbonyl (C=O) groups excluding carboxylic acids is 1. The number of nitrogens with two attached hydrogens (primary N) is 1. The van der Waals surface area contributed by atoms with Crippen molar-refractivity contribution in [3.8, 4) is 11.3 Å². The molecular weight excluding hydrogens is 474 g/mol. The molecule has 1 saturated carbocycles. The van der Waals surface area contributed by atoms with Gasteiger partial charge in [-0.05, 0) is 43.2 Å². The van der Waals surface area contributed by atoms with E-state index >= 15 is 0 Å². The minimum absolute atomic E-state index is 0.0160. The Kier molecular flexibility index (Phi) is 6.02. The van der Waals surface area contributed by atoms with Crippen LogP contribution in [0.25, 0.3) is 22.2 Å². The summed E-state index contributed by atoms with van der Waals surface area (Å²) in [5, 5.41) is 6.86. The van der Waals surface area contributed by atoms with Gasteiger partial charge in [0.15, 0.2) is 0 Å². The third-order valence-electron chi connectivity index (χ3n) is 6.26. The van der Waals surface area contributed by atoms with Crippen LogP contribution in [0.4, 0.5) is 20.4 Å². The van der Waals surface area contributed by atoms with Crippen LogP contribution in [0.15, 0.2) is 60.9 Å². The summed E-state index contributed by atoms with van der Waals surface area (Å²) >= 11 is 6.37. The van der Waals surface area contributed by atoms with Crippen LogP contribution in [-0.4, -0.2) is 38.9 Å². The second-order valence-corrected chi connectivity index (χ2v) is 9.07. The van der Waals surface area contributed by atoms with E-state index in [4.69, 9.17) is 17.3 Å². The van der Waals surface area contributed by atoms with Crippen molar-refractivity contribution in [2.45, 2.75) is 37.3 Å². The number of anilines is 2. The maximum atomic E-state index is 14.8. The zero-order valence-electron chi connectivity index (χ0n) is 18.6. The second kappa shape index (κ2) is 9.14. The molecule has 0 spiro atoms. The Morgan fingerprint density at radius 3 is 2.74 bits per heavy atom. The van der Waals surface area contributed by atoms with Gasteiger partial charge in [-0.3, -0.25) is 4.79 Å². The Labute approximate surface area is 205 Å². The Balaban J connectivity index is 1.35. The van der Waals surface area contributed by atoms with Crippen molar-refractivity contribution in [3.05, 3.63) is 71.5 Å². The van der Waals surface area contributed by atoms with Crippen molar-refractivity contribution in [1.29, 1.82) is 0 Å². The SMILES string of the molecule is Nc1ccc(C(=O)N[C@@H]2CCC(F)(F)[C@@H](Nc3ncc(Cl)c(-c4c[nH]c5ccccc45)n3)C2)cc1. The third kappa shape index (κ3) is 4.77. The third-order valence-corrected chi connectivity index (χ3v) is 6.53. The van der Waals surface area contributed by atoms with Gasteiger partial charge in [-0.1, -0.05) is 29.8 Å².